The lowest BCUT2D eigenvalue weighted by atomic mass is 9.99. The minimum Gasteiger partial charge on any atom is -0.295 e. The summed E-state index contributed by atoms with van der Waals surface area (Å²) in [6, 6.07) is 50.5. The first-order chi connectivity index (χ1) is 24.3. The minimum absolute atomic E-state index is 0.347. The van der Waals surface area contributed by atoms with Gasteiger partial charge >= 0.3 is 5.69 Å². The van der Waals surface area contributed by atoms with Gasteiger partial charge in [-0.15, -0.1) is 0 Å². The predicted octanol–water partition coefficient (Wildman–Crippen LogP) is 8.85. The molecule has 0 atom stereocenters. The van der Waals surface area contributed by atoms with Crippen LogP contribution in [0.3, 0.4) is 0 Å². The first-order valence-electron chi connectivity index (χ1n) is 16.8. The highest BCUT2D eigenvalue weighted by Crippen LogP contribution is 2.30. The molecule has 0 radical (unpaired) electrons. The quantitative estimate of drug-likeness (QED) is 0.189. The lowest BCUT2D eigenvalue weighted by Crippen LogP contribution is -2.20. The molecule has 2 heterocycles. The van der Waals surface area contributed by atoms with Crippen LogP contribution in [-0.2, 0) is 6.98 Å². The van der Waals surface area contributed by atoms with Gasteiger partial charge in [-0.05, 0) is 46.5 Å². The van der Waals surface area contributed by atoms with E-state index in [0.717, 1.165) is 43.5 Å². The molecule has 0 bridgehead atoms. The van der Waals surface area contributed by atoms with Gasteiger partial charge in [0, 0.05) is 27.8 Å². The zero-order valence-corrected chi connectivity index (χ0v) is 25.2. The van der Waals surface area contributed by atoms with Crippen LogP contribution in [0.2, 0.25) is 0 Å². The maximum Gasteiger partial charge on any atom is 0.333 e. The van der Waals surface area contributed by atoms with Crippen molar-refractivity contribution in [1.82, 2.24) is 24.1 Å². The van der Waals surface area contributed by atoms with Crippen molar-refractivity contribution in [2.45, 2.75) is 0 Å². The fourth-order valence-corrected chi connectivity index (χ4v) is 5.81. The van der Waals surface area contributed by atoms with Crippen molar-refractivity contribution in [3.63, 3.8) is 0 Å². The highest BCUT2D eigenvalue weighted by Gasteiger charge is 2.14. The summed E-state index contributed by atoms with van der Waals surface area (Å²) >= 11 is 0. The topological polar surface area (TPSA) is 65.6 Å². The van der Waals surface area contributed by atoms with E-state index in [2.05, 4.69) is 0 Å². The first kappa shape index (κ1) is 24.9. The number of rotatable bonds is 6. The number of para-hydroxylation sites is 1. The summed E-state index contributed by atoms with van der Waals surface area (Å²) in [6.07, 6.45) is 0. The van der Waals surface area contributed by atoms with Crippen molar-refractivity contribution in [3.05, 3.63) is 168 Å². The molecule has 47 heavy (non-hydrogen) atoms. The maximum absolute atomic E-state index is 13.4. The SMILES string of the molecule is [2H]C([2H])([2H])n1c(=O)n(-c2ccccc2)c2ccc(-c3ccc(-c4ccc(-c5nc(-c6ccccc6)nc(-c6ccccc6)n5)cc4)cc3)cc21. The molecule has 0 unspecified atom stereocenters. The number of fused-ring (bicyclic) bond motifs is 1. The van der Waals surface area contributed by atoms with E-state index in [-0.39, 0.29) is 0 Å². The van der Waals surface area contributed by atoms with Gasteiger partial charge in [0.15, 0.2) is 17.5 Å². The molecule has 0 amide bonds. The number of nitrogens with zero attached hydrogens (tertiary/aromatic N) is 5. The Hall–Kier alpha value is -6.40. The van der Waals surface area contributed by atoms with Crippen LogP contribution in [0.1, 0.15) is 4.11 Å². The fraction of sp³-hybridized carbons (Fsp3) is 0.0244. The number of hydrogen-bond donors (Lipinski definition) is 0. The van der Waals surface area contributed by atoms with Gasteiger partial charge < -0.3 is 0 Å². The summed E-state index contributed by atoms with van der Waals surface area (Å²) < 4.78 is 26.7. The zero-order valence-electron chi connectivity index (χ0n) is 28.2. The molecule has 0 saturated heterocycles. The molecule has 0 aliphatic heterocycles. The second-order valence-corrected chi connectivity index (χ2v) is 11.2. The molecule has 0 aliphatic carbocycles. The molecule has 8 rings (SSSR count). The normalized spacial score (nSPS) is 12.4. The van der Waals surface area contributed by atoms with Crippen molar-refractivity contribution in [3.8, 4) is 62.1 Å². The van der Waals surface area contributed by atoms with Crippen LogP contribution >= 0.6 is 0 Å². The molecular weight excluding hydrogens is 578 g/mol. The average molecular weight is 611 g/mol. The number of benzene rings is 6. The van der Waals surface area contributed by atoms with E-state index in [9.17, 15) is 4.79 Å². The van der Waals surface area contributed by atoms with Crippen molar-refractivity contribution in [1.29, 1.82) is 0 Å². The van der Waals surface area contributed by atoms with Gasteiger partial charge in [0.05, 0.1) is 16.7 Å². The van der Waals surface area contributed by atoms with Gasteiger partial charge in [-0.25, -0.2) is 19.7 Å². The van der Waals surface area contributed by atoms with Gasteiger partial charge in [-0.1, -0.05) is 133 Å². The summed E-state index contributed by atoms with van der Waals surface area (Å²) in [4.78, 5) is 27.9. The van der Waals surface area contributed by atoms with Crippen LogP contribution in [0.5, 0.6) is 0 Å². The van der Waals surface area contributed by atoms with Crippen LogP contribution < -0.4 is 5.69 Å². The third kappa shape index (κ3) is 5.32. The molecule has 0 spiro atoms. The molecular formula is C41H29N5O. The van der Waals surface area contributed by atoms with Crippen LogP contribution in [-0.4, -0.2) is 24.1 Å². The Morgan fingerprint density at radius 2 is 0.851 bits per heavy atom. The number of aromatic nitrogens is 5. The van der Waals surface area contributed by atoms with E-state index in [1.165, 1.54) is 4.57 Å². The summed E-state index contributed by atoms with van der Waals surface area (Å²) in [5.74, 6) is 1.81. The van der Waals surface area contributed by atoms with Crippen molar-refractivity contribution in [2.75, 3.05) is 0 Å². The smallest absolute Gasteiger partial charge is 0.295 e. The van der Waals surface area contributed by atoms with E-state index in [0.29, 0.717) is 34.2 Å². The van der Waals surface area contributed by atoms with E-state index in [1.54, 1.807) is 18.2 Å². The molecule has 0 saturated carbocycles. The Bertz CT molecular complexity index is 2450. The molecule has 224 valence electrons. The van der Waals surface area contributed by atoms with Crippen molar-refractivity contribution in [2.24, 2.45) is 6.98 Å². The Balaban J connectivity index is 1.11. The van der Waals surface area contributed by atoms with Gasteiger partial charge in [-0.3, -0.25) is 9.13 Å². The zero-order chi connectivity index (χ0) is 34.2. The summed E-state index contributed by atoms with van der Waals surface area (Å²) in [6.45, 7) is -2.64. The largest absolute Gasteiger partial charge is 0.333 e. The summed E-state index contributed by atoms with van der Waals surface area (Å²) in [5, 5.41) is 0. The van der Waals surface area contributed by atoms with E-state index >= 15 is 0 Å². The lowest BCUT2D eigenvalue weighted by molar-refractivity contribution is 0.846. The minimum atomic E-state index is -2.64. The summed E-state index contributed by atoms with van der Waals surface area (Å²) in [7, 11) is 0. The van der Waals surface area contributed by atoms with Crippen molar-refractivity contribution < 1.29 is 4.11 Å². The number of hydrogen-bond acceptors (Lipinski definition) is 4. The first-order valence-corrected chi connectivity index (χ1v) is 15.3. The van der Waals surface area contributed by atoms with Crippen LogP contribution in [0.4, 0.5) is 0 Å². The van der Waals surface area contributed by atoms with Crippen molar-refractivity contribution >= 4 is 11.0 Å². The average Bonchev–Trinajstić information content (AvgIpc) is 3.47. The molecule has 6 aromatic carbocycles. The van der Waals surface area contributed by atoms with Crippen LogP contribution in [0.25, 0.3) is 73.1 Å². The Labute approximate surface area is 276 Å². The Morgan fingerprint density at radius 1 is 0.447 bits per heavy atom. The van der Waals surface area contributed by atoms with E-state index in [4.69, 9.17) is 19.1 Å². The van der Waals surface area contributed by atoms with Crippen LogP contribution in [0.15, 0.2) is 163 Å². The molecule has 0 fully saturated rings. The van der Waals surface area contributed by atoms with Crippen LogP contribution in [0, 0.1) is 0 Å². The van der Waals surface area contributed by atoms with Gasteiger partial charge in [0.25, 0.3) is 0 Å². The summed E-state index contributed by atoms with van der Waals surface area (Å²) in [5.41, 5.74) is 7.33. The number of imidazole rings is 1. The van der Waals surface area contributed by atoms with Gasteiger partial charge in [-0.2, -0.15) is 0 Å². The standard InChI is InChI=1S/C41H29N5O/c1-45-37-27-34(25-26-36(37)46(41(45)47)35-15-9-4-10-16-35)30-19-17-28(18-20-30)29-21-23-33(24-22-29)40-43-38(31-11-5-2-6-12-31)42-39(44-40)32-13-7-3-8-14-32/h2-27H,1H3/i1D3. The highest BCUT2D eigenvalue weighted by atomic mass is 16.1. The lowest BCUT2D eigenvalue weighted by Gasteiger charge is -2.09. The van der Waals surface area contributed by atoms with Gasteiger partial charge in [0.1, 0.15) is 0 Å². The molecule has 8 aromatic rings. The second-order valence-electron chi connectivity index (χ2n) is 11.2. The molecule has 2 aromatic heterocycles. The molecule has 6 nitrogen and oxygen atoms in total. The highest BCUT2D eigenvalue weighted by molar-refractivity contribution is 5.84. The molecule has 0 aliphatic rings. The third-order valence-corrected chi connectivity index (χ3v) is 8.25. The molecule has 0 N–H and O–H groups in total. The van der Waals surface area contributed by atoms with E-state index in [1.807, 2.05) is 140 Å². The monoisotopic (exact) mass is 610 g/mol. The fourth-order valence-electron chi connectivity index (χ4n) is 5.81. The second kappa shape index (κ2) is 11.8. The predicted molar refractivity (Wildman–Crippen MR) is 189 cm³/mol. The Morgan fingerprint density at radius 3 is 1.34 bits per heavy atom. The molecule has 6 heteroatoms. The van der Waals surface area contributed by atoms with E-state index < -0.39 is 12.7 Å². The Kier molecular flexibility index (Phi) is 6.26. The third-order valence-electron chi connectivity index (χ3n) is 8.25. The number of aryl methyl sites for hydroxylation is 1. The maximum atomic E-state index is 13.4. The van der Waals surface area contributed by atoms with Gasteiger partial charge in [0.2, 0.25) is 0 Å².